The van der Waals surface area contributed by atoms with Crippen LogP contribution in [0.15, 0.2) is 24.3 Å². The fraction of sp³-hybridized carbons (Fsp3) is 0.579. The molecule has 2 saturated heterocycles. The predicted molar refractivity (Wildman–Crippen MR) is 91.5 cm³/mol. The van der Waals surface area contributed by atoms with E-state index >= 15 is 0 Å². The minimum absolute atomic E-state index is 0.0156. The molecule has 0 bridgehead atoms. The fourth-order valence-corrected chi connectivity index (χ4v) is 3.55. The third-order valence-electron chi connectivity index (χ3n) is 5.06. The SMILES string of the molecule is Cc1ccc(C2C(C(=O)N3CCCCCC3)OCC(=O)N2C)cc1. The standard InChI is InChI=1S/C19H26N2O3/c1-14-7-9-15(10-8-14)17-18(24-13-16(22)20(17)2)19(23)21-11-5-3-4-6-12-21/h7-10,17-18H,3-6,11-13H2,1-2H3. The van der Waals surface area contributed by atoms with E-state index in [0.29, 0.717) is 0 Å². The van der Waals surface area contributed by atoms with Gasteiger partial charge in [-0.05, 0) is 25.3 Å². The zero-order valence-electron chi connectivity index (χ0n) is 14.5. The average molecular weight is 330 g/mol. The molecule has 1 aromatic rings. The smallest absolute Gasteiger partial charge is 0.254 e. The van der Waals surface area contributed by atoms with Gasteiger partial charge in [0.25, 0.3) is 5.91 Å². The topological polar surface area (TPSA) is 49.9 Å². The first-order valence-electron chi connectivity index (χ1n) is 8.80. The highest BCUT2D eigenvalue weighted by molar-refractivity contribution is 5.86. The van der Waals surface area contributed by atoms with Crippen LogP contribution in [0.3, 0.4) is 0 Å². The molecule has 5 nitrogen and oxygen atoms in total. The number of likely N-dealkylation sites (tertiary alicyclic amines) is 1. The van der Waals surface area contributed by atoms with E-state index < -0.39 is 6.10 Å². The Morgan fingerprint density at radius 1 is 1.08 bits per heavy atom. The lowest BCUT2D eigenvalue weighted by Crippen LogP contribution is -2.54. The van der Waals surface area contributed by atoms with E-state index in [0.717, 1.165) is 37.1 Å². The molecule has 1 aromatic carbocycles. The van der Waals surface area contributed by atoms with Gasteiger partial charge in [0.15, 0.2) is 6.10 Å². The maximum atomic E-state index is 13.1. The summed E-state index contributed by atoms with van der Waals surface area (Å²) in [5.74, 6) is -0.0673. The largest absolute Gasteiger partial charge is 0.356 e. The molecule has 3 rings (SSSR count). The summed E-state index contributed by atoms with van der Waals surface area (Å²) in [6.07, 6.45) is 3.82. The van der Waals surface area contributed by atoms with E-state index in [9.17, 15) is 9.59 Å². The minimum Gasteiger partial charge on any atom is -0.356 e. The lowest BCUT2D eigenvalue weighted by Gasteiger charge is -2.40. The van der Waals surface area contributed by atoms with E-state index in [4.69, 9.17) is 4.74 Å². The maximum Gasteiger partial charge on any atom is 0.254 e. The van der Waals surface area contributed by atoms with Gasteiger partial charge < -0.3 is 14.5 Å². The molecule has 0 aromatic heterocycles. The lowest BCUT2D eigenvalue weighted by atomic mass is 9.96. The molecule has 2 aliphatic heterocycles. The molecule has 2 heterocycles. The summed E-state index contributed by atoms with van der Waals surface area (Å²) in [6, 6.07) is 7.64. The molecule has 0 N–H and O–H groups in total. The molecule has 0 spiro atoms. The van der Waals surface area contributed by atoms with Gasteiger partial charge in [-0.2, -0.15) is 0 Å². The monoisotopic (exact) mass is 330 g/mol. The molecule has 2 atom stereocenters. The van der Waals surface area contributed by atoms with Crippen LogP contribution in [0.4, 0.5) is 0 Å². The zero-order valence-corrected chi connectivity index (χ0v) is 14.5. The first-order chi connectivity index (χ1) is 11.6. The van der Waals surface area contributed by atoms with Gasteiger partial charge in [-0.25, -0.2) is 0 Å². The number of hydrogen-bond acceptors (Lipinski definition) is 3. The molecule has 2 unspecified atom stereocenters. The molecule has 5 heteroatoms. The number of carbonyl (C=O) groups is 2. The van der Waals surface area contributed by atoms with Crippen LogP contribution in [0.5, 0.6) is 0 Å². The van der Waals surface area contributed by atoms with Crippen molar-refractivity contribution in [1.82, 2.24) is 9.80 Å². The molecule has 2 aliphatic rings. The number of aryl methyl sites for hydroxylation is 1. The van der Waals surface area contributed by atoms with E-state index in [-0.39, 0.29) is 24.5 Å². The molecule has 0 saturated carbocycles. The Morgan fingerprint density at radius 3 is 2.33 bits per heavy atom. The summed E-state index contributed by atoms with van der Waals surface area (Å²) >= 11 is 0. The molecule has 0 aliphatic carbocycles. The van der Waals surface area contributed by atoms with Crippen molar-refractivity contribution in [2.24, 2.45) is 0 Å². The third kappa shape index (κ3) is 3.46. The van der Waals surface area contributed by atoms with Crippen LogP contribution in [0, 0.1) is 6.92 Å². The number of amides is 2. The third-order valence-corrected chi connectivity index (χ3v) is 5.06. The van der Waals surface area contributed by atoms with Gasteiger partial charge in [0.2, 0.25) is 5.91 Å². The highest BCUT2D eigenvalue weighted by atomic mass is 16.5. The molecule has 130 valence electrons. The van der Waals surface area contributed by atoms with E-state index in [1.165, 1.54) is 12.8 Å². The minimum atomic E-state index is -0.617. The number of nitrogens with zero attached hydrogens (tertiary/aromatic N) is 2. The summed E-state index contributed by atoms with van der Waals surface area (Å²) in [5, 5.41) is 0. The van der Waals surface area contributed by atoms with Crippen LogP contribution in [0.1, 0.15) is 42.9 Å². The normalized spacial score (nSPS) is 25.5. The van der Waals surface area contributed by atoms with E-state index in [1.807, 2.05) is 36.1 Å². The quantitative estimate of drug-likeness (QED) is 0.836. The van der Waals surface area contributed by atoms with Gasteiger partial charge in [0, 0.05) is 20.1 Å². The van der Waals surface area contributed by atoms with Crippen molar-refractivity contribution in [3.05, 3.63) is 35.4 Å². The van der Waals surface area contributed by atoms with E-state index in [1.54, 1.807) is 11.9 Å². The van der Waals surface area contributed by atoms with Gasteiger partial charge in [-0.3, -0.25) is 9.59 Å². The number of ether oxygens (including phenoxy) is 1. The number of rotatable bonds is 2. The van der Waals surface area contributed by atoms with Gasteiger partial charge in [0.1, 0.15) is 6.61 Å². The van der Waals surface area contributed by atoms with Crippen LogP contribution < -0.4 is 0 Å². The Hall–Kier alpha value is -1.88. The van der Waals surface area contributed by atoms with Gasteiger partial charge in [-0.1, -0.05) is 42.7 Å². The average Bonchev–Trinajstić information content (AvgIpc) is 2.87. The van der Waals surface area contributed by atoms with Crippen LogP contribution in [-0.4, -0.2) is 54.5 Å². The van der Waals surface area contributed by atoms with Crippen molar-refractivity contribution >= 4 is 11.8 Å². The molecular formula is C19H26N2O3. The van der Waals surface area contributed by atoms with Gasteiger partial charge in [0.05, 0.1) is 6.04 Å². The Bertz CT molecular complexity index is 591. The summed E-state index contributed by atoms with van der Waals surface area (Å²) in [7, 11) is 1.76. The Kier molecular flexibility index (Phi) is 5.19. The summed E-state index contributed by atoms with van der Waals surface area (Å²) in [5.41, 5.74) is 2.10. The van der Waals surface area contributed by atoms with Crippen molar-refractivity contribution in [1.29, 1.82) is 0 Å². The highest BCUT2D eigenvalue weighted by Gasteiger charge is 2.41. The van der Waals surface area contributed by atoms with Crippen molar-refractivity contribution in [2.75, 3.05) is 26.7 Å². The number of carbonyl (C=O) groups excluding carboxylic acids is 2. The number of morpholine rings is 1. The van der Waals surface area contributed by atoms with Crippen LogP contribution in [0.25, 0.3) is 0 Å². The Morgan fingerprint density at radius 2 is 1.71 bits per heavy atom. The van der Waals surface area contributed by atoms with Gasteiger partial charge in [-0.15, -0.1) is 0 Å². The molecule has 2 amide bonds. The molecule has 0 radical (unpaired) electrons. The number of likely N-dealkylation sites (N-methyl/N-ethyl adjacent to an activating group) is 1. The van der Waals surface area contributed by atoms with Crippen molar-refractivity contribution in [3.8, 4) is 0 Å². The first-order valence-corrected chi connectivity index (χ1v) is 8.80. The van der Waals surface area contributed by atoms with Crippen LogP contribution in [-0.2, 0) is 14.3 Å². The Labute approximate surface area is 143 Å². The summed E-state index contributed by atoms with van der Waals surface area (Å²) < 4.78 is 5.73. The van der Waals surface area contributed by atoms with E-state index in [2.05, 4.69) is 0 Å². The van der Waals surface area contributed by atoms with Crippen molar-refractivity contribution in [2.45, 2.75) is 44.8 Å². The van der Waals surface area contributed by atoms with Crippen molar-refractivity contribution in [3.63, 3.8) is 0 Å². The van der Waals surface area contributed by atoms with Crippen LogP contribution >= 0.6 is 0 Å². The number of benzene rings is 1. The Balaban J connectivity index is 1.86. The first kappa shape index (κ1) is 17.0. The molecule has 2 fully saturated rings. The zero-order chi connectivity index (χ0) is 17.1. The van der Waals surface area contributed by atoms with Crippen molar-refractivity contribution < 1.29 is 14.3 Å². The second-order valence-corrected chi connectivity index (χ2v) is 6.83. The summed E-state index contributed by atoms with van der Waals surface area (Å²) in [6.45, 7) is 3.58. The maximum absolute atomic E-state index is 13.1. The second kappa shape index (κ2) is 7.34. The fourth-order valence-electron chi connectivity index (χ4n) is 3.55. The molecule has 24 heavy (non-hydrogen) atoms. The van der Waals surface area contributed by atoms with Gasteiger partial charge >= 0.3 is 0 Å². The predicted octanol–water partition coefficient (Wildman–Crippen LogP) is 2.30. The lowest BCUT2D eigenvalue weighted by molar-refractivity contribution is -0.167. The highest BCUT2D eigenvalue weighted by Crippen LogP contribution is 2.31. The number of hydrogen-bond donors (Lipinski definition) is 0. The van der Waals surface area contributed by atoms with Crippen LogP contribution in [0.2, 0.25) is 0 Å². The molecular weight excluding hydrogens is 304 g/mol. The second-order valence-electron chi connectivity index (χ2n) is 6.83. The summed E-state index contributed by atoms with van der Waals surface area (Å²) in [4.78, 5) is 28.8.